The summed E-state index contributed by atoms with van der Waals surface area (Å²) in [6, 6.07) is -0.173. The summed E-state index contributed by atoms with van der Waals surface area (Å²) in [6.45, 7) is 1.04. The van der Waals surface area contributed by atoms with Gasteiger partial charge in [-0.1, -0.05) is 12.2 Å². The van der Waals surface area contributed by atoms with Gasteiger partial charge >= 0.3 is 18.0 Å². The Labute approximate surface area is 206 Å². The number of hydrazone groups is 1. The number of ether oxygens (including phenoxy) is 2. The summed E-state index contributed by atoms with van der Waals surface area (Å²) in [5, 5.41) is 36.8. The van der Waals surface area contributed by atoms with E-state index in [4.69, 9.17) is 35.6 Å². The first-order chi connectivity index (χ1) is 17.0. The van der Waals surface area contributed by atoms with Gasteiger partial charge in [-0.25, -0.2) is 19.8 Å². The summed E-state index contributed by atoms with van der Waals surface area (Å²) in [6.07, 6.45) is 6.04. The number of amides is 2. The number of likely N-dealkylation sites (tertiary alicyclic amines) is 1. The van der Waals surface area contributed by atoms with Crippen molar-refractivity contribution in [1.29, 1.82) is 0 Å². The first-order valence-corrected chi connectivity index (χ1v) is 11.5. The van der Waals surface area contributed by atoms with Crippen LogP contribution in [0.25, 0.3) is 0 Å². The molecule has 2 aliphatic heterocycles. The first-order valence-electron chi connectivity index (χ1n) is 11.5. The molecular weight excluding hydrogens is 476 g/mol. The topological polar surface area (TPSA) is 204 Å². The van der Waals surface area contributed by atoms with Crippen molar-refractivity contribution in [2.45, 2.75) is 37.2 Å². The van der Waals surface area contributed by atoms with E-state index in [-0.39, 0.29) is 11.5 Å². The summed E-state index contributed by atoms with van der Waals surface area (Å²) in [4.78, 5) is 33.2. The third kappa shape index (κ3) is 4.02. The lowest BCUT2D eigenvalue weighted by molar-refractivity contribution is -0.165. The highest BCUT2D eigenvalue weighted by Gasteiger charge is 2.69. The van der Waals surface area contributed by atoms with Crippen molar-refractivity contribution in [2.24, 2.45) is 34.0 Å². The van der Waals surface area contributed by atoms with Crippen LogP contribution in [0.15, 0.2) is 40.9 Å². The number of carbonyl (C=O) groups is 3. The second-order valence-corrected chi connectivity index (χ2v) is 9.54. The number of nitrogens with zero attached hydrogens (tertiary/aromatic N) is 2. The van der Waals surface area contributed by atoms with Crippen molar-refractivity contribution < 1.29 is 44.3 Å². The van der Waals surface area contributed by atoms with Crippen LogP contribution in [-0.4, -0.2) is 94.1 Å². The van der Waals surface area contributed by atoms with Crippen LogP contribution >= 0.6 is 0 Å². The van der Waals surface area contributed by atoms with Crippen LogP contribution in [0.2, 0.25) is 0 Å². The molecule has 0 aromatic carbocycles. The monoisotopic (exact) mass is 506 g/mol. The number of nitrogens with two attached hydrogens (primary N) is 1. The number of hydrogen-bond acceptors (Lipinski definition) is 9. The number of carboxylic acid groups (broad SMARTS) is 2. The van der Waals surface area contributed by atoms with E-state index in [0.29, 0.717) is 23.8 Å². The van der Waals surface area contributed by atoms with Crippen LogP contribution in [0.3, 0.4) is 0 Å². The number of aliphatic hydroxyl groups excluding tert-OH is 2. The standard InChI is InChI=1S/C19H24N4O3.C4H6O6/c1-23-8-7-19-11-4-5-12(21-22-18(20)24)17(19)26-16-14(25-2)6-3-10(15(16)19)9-13(11)23;5-1(3(7)8)2(6)4(9)10/h3-6,10-11,13,15,17H,7-9H2,1-2H3,(H3,20,22,24);1-2,5-6H,(H,7,8)(H,9,10)/t10?,11-,13+,15?,17-,19-;/m0./s1. The number of aliphatic hydroxyl groups is 2. The Bertz CT molecular complexity index is 1050. The fourth-order valence-corrected chi connectivity index (χ4v) is 6.34. The maximum Gasteiger partial charge on any atom is 0.335 e. The SMILES string of the molecule is COC1=C2O[C@H]3C(=NNC(N)=O)C=C[C@H]4[C@H]5CC(C=C1)C2[C@@]34CCN5C.O=C(O)C(O)C(O)C(=O)O. The average molecular weight is 507 g/mol. The van der Waals surface area contributed by atoms with E-state index in [1.54, 1.807) is 7.11 Å². The van der Waals surface area contributed by atoms with E-state index in [2.05, 4.69) is 34.6 Å². The summed E-state index contributed by atoms with van der Waals surface area (Å²) < 4.78 is 12.1. The zero-order valence-corrected chi connectivity index (χ0v) is 19.8. The van der Waals surface area contributed by atoms with E-state index in [9.17, 15) is 14.4 Å². The number of rotatable bonds is 5. The van der Waals surface area contributed by atoms with Crippen LogP contribution in [-0.2, 0) is 19.1 Å². The quantitative estimate of drug-likeness (QED) is 0.257. The maximum absolute atomic E-state index is 11.2. The summed E-state index contributed by atoms with van der Waals surface area (Å²) in [5.41, 5.74) is 8.29. The van der Waals surface area contributed by atoms with E-state index in [0.717, 1.165) is 36.6 Å². The molecule has 36 heavy (non-hydrogen) atoms. The Kier molecular flexibility index (Phi) is 6.82. The van der Waals surface area contributed by atoms with E-state index >= 15 is 0 Å². The summed E-state index contributed by atoms with van der Waals surface area (Å²) >= 11 is 0. The largest absolute Gasteiger partial charge is 0.493 e. The number of methoxy groups -OCH3 is 1. The third-order valence-electron chi connectivity index (χ3n) is 7.84. The lowest BCUT2D eigenvalue weighted by atomic mass is 9.48. The van der Waals surface area contributed by atoms with Gasteiger partial charge in [0.15, 0.2) is 18.0 Å². The molecule has 3 aliphatic carbocycles. The van der Waals surface area contributed by atoms with Crippen molar-refractivity contribution in [3.63, 3.8) is 0 Å². The van der Waals surface area contributed by atoms with Crippen molar-refractivity contribution in [2.75, 3.05) is 20.7 Å². The Balaban J connectivity index is 0.000000261. The van der Waals surface area contributed by atoms with Crippen molar-refractivity contribution >= 4 is 23.7 Å². The van der Waals surface area contributed by atoms with Gasteiger partial charge in [0.05, 0.1) is 7.11 Å². The number of carbonyl (C=O) groups excluding carboxylic acids is 1. The number of carboxylic acids is 2. The third-order valence-corrected chi connectivity index (χ3v) is 7.84. The highest BCUT2D eigenvalue weighted by Crippen LogP contribution is 2.66. The Morgan fingerprint density at radius 2 is 1.89 bits per heavy atom. The molecule has 5 aliphatic rings. The van der Waals surface area contributed by atoms with E-state index < -0.39 is 30.2 Å². The number of urea groups is 1. The minimum absolute atomic E-state index is 0.0448. The molecule has 5 rings (SSSR count). The second-order valence-electron chi connectivity index (χ2n) is 9.54. The number of nitrogens with one attached hydrogen (secondary N) is 1. The van der Waals surface area contributed by atoms with Crippen LogP contribution in [0.5, 0.6) is 0 Å². The Morgan fingerprint density at radius 3 is 2.47 bits per heavy atom. The predicted molar refractivity (Wildman–Crippen MR) is 123 cm³/mol. The normalized spacial score (nSPS) is 36.1. The van der Waals surface area contributed by atoms with Gasteiger partial charge in [-0.2, -0.15) is 5.10 Å². The van der Waals surface area contributed by atoms with Gasteiger partial charge in [-0.3, -0.25) is 0 Å². The molecule has 3 fully saturated rings. The molecule has 0 radical (unpaired) electrons. The fraction of sp³-hybridized carbons (Fsp3) is 0.565. The number of allylic oxidation sites excluding steroid dienone is 3. The highest BCUT2D eigenvalue weighted by molar-refractivity contribution is 6.01. The minimum atomic E-state index is -2.27. The molecule has 196 valence electrons. The maximum atomic E-state index is 11.2. The molecule has 2 bridgehead atoms. The van der Waals surface area contributed by atoms with Crippen LogP contribution in [0.4, 0.5) is 4.79 Å². The molecule has 2 heterocycles. The molecule has 0 aromatic rings. The fourth-order valence-electron chi connectivity index (χ4n) is 6.34. The van der Waals surface area contributed by atoms with Gasteiger partial charge < -0.3 is 40.5 Å². The molecule has 1 spiro atoms. The number of piperidine rings is 1. The lowest BCUT2D eigenvalue weighted by Gasteiger charge is -2.59. The Hall–Kier alpha value is -3.42. The van der Waals surface area contributed by atoms with Gasteiger partial charge in [0, 0.05) is 23.3 Å². The highest BCUT2D eigenvalue weighted by atomic mass is 16.5. The smallest absolute Gasteiger partial charge is 0.335 e. The van der Waals surface area contributed by atoms with Crippen LogP contribution in [0.1, 0.15) is 12.8 Å². The molecule has 2 saturated heterocycles. The summed E-state index contributed by atoms with van der Waals surface area (Å²) in [5.74, 6) is -0.630. The summed E-state index contributed by atoms with van der Waals surface area (Å²) in [7, 11) is 3.91. The zero-order chi connectivity index (χ0) is 26.4. The lowest BCUT2D eigenvalue weighted by Crippen LogP contribution is -2.64. The molecule has 0 aromatic heterocycles. The number of aliphatic carboxylic acids is 2. The van der Waals surface area contributed by atoms with Crippen molar-refractivity contribution in [1.82, 2.24) is 10.3 Å². The number of hydrogen-bond donors (Lipinski definition) is 6. The molecule has 1 saturated carbocycles. The average Bonchev–Trinajstić information content (AvgIpc) is 3.19. The van der Waals surface area contributed by atoms with Gasteiger partial charge in [-0.05, 0) is 44.5 Å². The van der Waals surface area contributed by atoms with E-state index in [1.165, 1.54) is 0 Å². The minimum Gasteiger partial charge on any atom is -0.493 e. The zero-order valence-electron chi connectivity index (χ0n) is 19.8. The van der Waals surface area contributed by atoms with Crippen LogP contribution in [0, 0.1) is 23.2 Å². The Morgan fingerprint density at radius 1 is 1.22 bits per heavy atom. The van der Waals surface area contributed by atoms with Gasteiger partial charge in [0.25, 0.3) is 0 Å². The second kappa shape index (κ2) is 9.56. The molecule has 8 atom stereocenters. The molecule has 4 unspecified atom stereocenters. The molecule has 13 nitrogen and oxygen atoms in total. The van der Waals surface area contributed by atoms with Crippen molar-refractivity contribution in [3.05, 3.63) is 35.8 Å². The molecule has 7 N–H and O–H groups in total. The van der Waals surface area contributed by atoms with Crippen LogP contribution < -0.4 is 11.2 Å². The number of primary amides is 1. The molecule has 13 heteroatoms. The van der Waals surface area contributed by atoms with Crippen molar-refractivity contribution in [3.8, 4) is 0 Å². The predicted octanol–water partition coefficient (Wildman–Crippen LogP) is -0.773. The molecular formula is C23H30N4O9. The molecule has 2 amide bonds. The van der Waals surface area contributed by atoms with Gasteiger partial charge in [0.1, 0.15) is 17.6 Å². The van der Waals surface area contributed by atoms with E-state index in [1.807, 2.05) is 12.2 Å². The first kappa shape index (κ1) is 25.7. The van der Waals surface area contributed by atoms with Gasteiger partial charge in [0.2, 0.25) is 0 Å². The van der Waals surface area contributed by atoms with Gasteiger partial charge in [-0.15, -0.1) is 0 Å².